The van der Waals surface area contributed by atoms with Crippen molar-refractivity contribution in [3.63, 3.8) is 0 Å². The Morgan fingerprint density at radius 3 is 2.00 bits per heavy atom. The van der Waals surface area contributed by atoms with Gasteiger partial charge in [0.25, 0.3) is 0 Å². The van der Waals surface area contributed by atoms with E-state index < -0.39 is 0 Å². The fraction of sp³-hybridized carbons (Fsp3) is 0.625. The number of nitrogens with two attached hydrogens (primary N) is 1. The maximum absolute atomic E-state index is 5.39. The smallest absolute Gasteiger partial charge is 0.131 e. The molecule has 0 aromatic rings. The average molecular weight is 226 g/mol. The third-order valence-electron chi connectivity index (χ3n) is 0.871. The number of rotatable bonds is 3. The third kappa shape index (κ3) is 22.4. The molecule has 0 spiro atoms. The van der Waals surface area contributed by atoms with Crippen molar-refractivity contribution in [3.05, 3.63) is 11.6 Å². The van der Waals surface area contributed by atoms with Crippen molar-refractivity contribution in [2.24, 2.45) is 5.73 Å². The van der Waals surface area contributed by atoms with Crippen molar-refractivity contribution in [2.75, 3.05) is 5.75 Å². The molecule has 0 bridgehead atoms. The maximum atomic E-state index is 5.39. The summed E-state index contributed by atoms with van der Waals surface area (Å²) in [7, 11) is 0. The molecule has 0 unspecified atom stereocenters. The Labute approximate surface area is 89.7 Å². The second-order valence-corrected chi connectivity index (χ2v) is 4.37. The van der Waals surface area contributed by atoms with Crippen LogP contribution < -0.4 is 5.73 Å². The van der Waals surface area contributed by atoms with Crippen LogP contribution >= 0.6 is 35.6 Å². The number of thioether (sulfide) groups is 1. The van der Waals surface area contributed by atoms with Crippen molar-refractivity contribution in [3.8, 4) is 0 Å². The summed E-state index contributed by atoms with van der Waals surface area (Å²) in [5, 5.41) is 0.572. The standard InChI is InChI=1S/C4H6ClNS2.C4H10/c1-3(5)2-8-4(6)7;1-3-4-2/h1-2H2,(H2,6,7);3-4H2,1-2H3. The molecular formula is C8H16ClNS2. The number of halogens is 1. The predicted molar refractivity (Wildman–Crippen MR) is 64.8 cm³/mol. The largest absolute Gasteiger partial charge is 0.385 e. The van der Waals surface area contributed by atoms with Crippen LogP contribution in [-0.4, -0.2) is 10.1 Å². The Kier molecular flexibility index (Phi) is 13.9. The molecular weight excluding hydrogens is 210 g/mol. The molecule has 2 N–H and O–H groups in total. The number of unbranched alkanes of at least 4 members (excludes halogenated alkanes) is 1. The lowest BCUT2D eigenvalue weighted by atomic mass is 10.4. The second kappa shape index (κ2) is 11.3. The molecule has 72 valence electrons. The van der Waals surface area contributed by atoms with Gasteiger partial charge in [-0.2, -0.15) is 0 Å². The summed E-state index contributed by atoms with van der Waals surface area (Å²) in [6.45, 7) is 7.82. The first-order chi connectivity index (χ1) is 5.54. The first-order valence-electron chi connectivity index (χ1n) is 3.80. The Hall–Kier alpha value is 0.270. The molecule has 0 heterocycles. The first-order valence-corrected chi connectivity index (χ1v) is 5.57. The molecule has 0 aromatic heterocycles. The molecule has 0 rings (SSSR count). The molecule has 0 saturated carbocycles. The maximum Gasteiger partial charge on any atom is 0.131 e. The van der Waals surface area contributed by atoms with Gasteiger partial charge in [0.05, 0.1) is 0 Å². The lowest BCUT2D eigenvalue weighted by molar-refractivity contribution is 0.886. The summed E-state index contributed by atoms with van der Waals surface area (Å²) < 4.78 is 0.409. The van der Waals surface area contributed by atoms with E-state index in [-0.39, 0.29) is 0 Å². The van der Waals surface area contributed by atoms with E-state index in [9.17, 15) is 0 Å². The molecule has 0 radical (unpaired) electrons. The van der Waals surface area contributed by atoms with Crippen LogP contribution in [0.25, 0.3) is 0 Å². The van der Waals surface area contributed by atoms with Crippen LogP contribution in [-0.2, 0) is 0 Å². The number of hydrogen-bond acceptors (Lipinski definition) is 2. The molecule has 12 heavy (non-hydrogen) atoms. The SMILES string of the molecule is C=C(Cl)CSC(N)=S.CCCC. The topological polar surface area (TPSA) is 26.0 Å². The highest BCUT2D eigenvalue weighted by Gasteiger charge is 1.90. The van der Waals surface area contributed by atoms with E-state index >= 15 is 0 Å². The fourth-order valence-corrected chi connectivity index (χ4v) is 0.789. The zero-order valence-electron chi connectivity index (χ0n) is 7.60. The van der Waals surface area contributed by atoms with Gasteiger partial charge < -0.3 is 5.73 Å². The van der Waals surface area contributed by atoms with Crippen molar-refractivity contribution in [1.29, 1.82) is 0 Å². The van der Waals surface area contributed by atoms with E-state index in [4.69, 9.17) is 17.3 Å². The number of thiocarbonyl (C=S) groups is 1. The van der Waals surface area contributed by atoms with Gasteiger partial charge in [-0.15, -0.1) is 0 Å². The summed E-state index contributed by atoms with van der Waals surface area (Å²) in [5.74, 6) is 0.608. The summed E-state index contributed by atoms with van der Waals surface area (Å²) in [6, 6.07) is 0. The molecule has 0 aliphatic carbocycles. The van der Waals surface area contributed by atoms with E-state index in [1.165, 1.54) is 24.6 Å². The highest BCUT2D eigenvalue weighted by Crippen LogP contribution is 2.08. The van der Waals surface area contributed by atoms with E-state index in [1.54, 1.807) is 0 Å². The molecule has 0 aliphatic rings. The molecule has 4 heteroatoms. The van der Waals surface area contributed by atoms with Crippen LogP contribution in [0.15, 0.2) is 11.6 Å². The van der Waals surface area contributed by atoms with Gasteiger partial charge in [-0.05, 0) is 0 Å². The van der Waals surface area contributed by atoms with Crippen molar-refractivity contribution < 1.29 is 0 Å². The molecule has 0 saturated heterocycles. The summed E-state index contributed by atoms with van der Waals surface area (Å²) in [5.41, 5.74) is 5.14. The Morgan fingerprint density at radius 1 is 1.50 bits per heavy atom. The molecule has 0 amide bonds. The van der Waals surface area contributed by atoms with Crippen LogP contribution in [0.5, 0.6) is 0 Å². The minimum absolute atomic E-state index is 0.409. The Bertz CT molecular complexity index is 121. The fourth-order valence-electron chi connectivity index (χ4n) is 0.149. The van der Waals surface area contributed by atoms with Gasteiger partial charge in [-0.3, -0.25) is 0 Å². The molecule has 0 atom stereocenters. The van der Waals surface area contributed by atoms with E-state index in [1.807, 2.05) is 0 Å². The average Bonchev–Trinajstić information content (AvgIpc) is 2.01. The normalized spacial score (nSPS) is 8.25. The minimum atomic E-state index is 0.409. The molecule has 0 aromatic carbocycles. The van der Waals surface area contributed by atoms with Gasteiger partial charge in [0.2, 0.25) is 0 Å². The van der Waals surface area contributed by atoms with Gasteiger partial charge in [-0.25, -0.2) is 0 Å². The van der Waals surface area contributed by atoms with Gasteiger partial charge in [0, 0.05) is 10.8 Å². The zero-order valence-corrected chi connectivity index (χ0v) is 9.99. The molecule has 0 aliphatic heterocycles. The van der Waals surface area contributed by atoms with Gasteiger partial charge in [0.1, 0.15) is 4.32 Å². The van der Waals surface area contributed by atoms with Crippen LogP contribution in [0.4, 0.5) is 0 Å². The zero-order chi connectivity index (χ0) is 9.98. The second-order valence-electron chi connectivity index (χ2n) is 2.12. The Balaban J connectivity index is 0. The summed E-state index contributed by atoms with van der Waals surface area (Å²) in [4.78, 5) is 0. The predicted octanol–water partition coefficient (Wildman–Crippen LogP) is 3.52. The molecule has 0 fully saturated rings. The lowest BCUT2D eigenvalue weighted by Crippen LogP contribution is -2.02. The van der Waals surface area contributed by atoms with Crippen molar-refractivity contribution in [1.82, 2.24) is 0 Å². The van der Waals surface area contributed by atoms with Gasteiger partial charge in [-0.1, -0.05) is 68.8 Å². The highest BCUT2D eigenvalue weighted by molar-refractivity contribution is 8.23. The third-order valence-corrected chi connectivity index (χ3v) is 2.29. The summed E-state index contributed by atoms with van der Waals surface area (Å²) >= 11 is 11.3. The van der Waals surface area contributed by atoms with Crippen molar-refractivity contribution >= 4 is 39.9 Å². The van der Waals surface area contributed by atoms with Crippen LogP contribution in [0.3, 0.4) is 0 Å². The summed E-state index contributed by atoms with van der Waals surface area (Å²) in [6.07, 6.45) is 2.64. The molecule has 1 nitrogen and oxygen atoms in total. The highest BCUT2D eigenvalue weighted by atomic mass is 35.5. The van der Waals surface area contributed by atoms with Crippen LogP contribution in [0, 0.1) is 0 Å². The first kappa shape index (κ1) is 14.8. The van der Waals surface area contributed by atoms with Crippen LogP contribution in [0.1, 0.15) is 26.7 Å². The monoisotopic (exact) mass is 225 g/mol. The lowest BCUT2D eigenvalue weighted by Gasteiger charge is -1.92. The van der Waals surface area contributed by atoms with E-state index in [0.29, 0.717) is 15.1 Å². The quantitative estimate of drug-likeness (QED) is 0.745. The van der Waals surface area contributed by atoms with E-state index in [0.717, 1.165) is 0 Å². The Morgan fingerprint density at radius 2 is 1.92 bits per heavy atom. The minimum Gasteiger partial charge on any atom is -0.385 e. The van der Waals surface area contributed by atoms with E-state index in [2.05, 4.69) is 32.6 Å². The number of hydrogen-bond donors (Lipinski definition) is 1. The van der Waals surface area contributed by atoms with Crippen molar-refractivity contribution in [2.45, 2.75) is 26.7 Å². The van der Waals surface area contributed by atoms with Gasteiger partial charge >= 0.3 is 0 Å². The van der Waals surface area contributed by atoms with Gasteiger partial charge in [0.15, 0.2) is 0 Å². The van der Waals surface area contributed by atoms with Crippen LogP contribution in [0.2, 0.25) is 0 Å².